The lowest BCUT2D eigenvalue weighted by molar-refractivity contribution is 0.104. The van der Waals surface area contributed by atoms with E-state index in [1.54, 1.807) is 6.07 Å². The number of aryl methyl sites for hydroxylation is 1. The molecule has 17 heavy (non-hydrogen) atoms. The van der Waals surface area contributed by atoms with Gasteiger partial charge >= 0.3 is 0 Å². The first-order valence-corrected chi connectivity index (χ1v) is 6.40. The minimum atomic E-state index is 0.0539. The van der Waals surface area contributed by atoms with E-state index in [-0.39, 0.29) is 5.78 Å². The molecule has 1 nitrogen and oxygen atoms in total. The number of carbonyl (C=O) groups is 1. The summed E-state index contributed by atoms with van der Waals surface area (Å²) in [5.41, 5.74) is 4.55. The number of carbonyl (C=O) groups excluding carboxylic acids is 1. The van der Waals surface area contributed by atoms with Gasteiger partial charge in [-0.2, -0.15) is 0 Å². The molecule has 0 N–H and O–H groups in total. The monoisotopic (exact) mass is 306 g/mol. The Kier molecular flexibility index (Phi) is 2.39. The van der Waals surface area contributed by atoms with Gasteiger partial charge in [-0.05, 0) is 47.9 Å². The number of hydrogen-bond acceptors (Lipinski definition) is 1. The summed E-state index contributed by atoms with van der Waals surface area (Å²) in [6.07, 6.45) is 0. The van der Waals surface area contributed by atoms with Crippen molar-refractivity contribution in [2.24, 2.45) is 0 Å². The maximum absolute atomic E-state index is 12.2. The molecule has 0 saturated carbocycles. The molecule has 0 saturated heterocycles. The Morgan fingerprint density at radius 2 is 1.71 bits per heavy atom. The first kappa shape index (κ1) is 11.0. The molecule has 0 fully saturated rings. The minimum Gasteiger partial charge on any atom is -0.289 e. The van der Waals surface area contributed by atoms with Gasteiger partial charge < -0.3 is 0 Å². The van der Waals surface area contributed by atoms with E-state index in [4.69, 9.17) is 11.6 Å². The van der Waals surface area contributed by atoms with Crippen LogP contribution in [-0.4, -0.2) is 5.78 Å². The third-order valence-corrected chi connectivity index (χ3v) is 4.15. The van der Waals surface area contributed by atoms with Crippen molar-refractivity contribution in [3.05, 3.63) is 56.5 Å². The van der Waals surface area contributed by atoms with Crippen LogP contribution in [0.3, 0.4) is 0 Å². The van der Waals surface area contributed by atoms with Crippen molar-refractivity contribution < 1.29 is 4.79 Å². The molecule has 84 valence electrons. The zero-order valence-corrected chi connectivity index (χ0v) is 11.4. The summed E-state index contributed by atoms with van der Waals surface area (Å²) >= 11 is 9.39. The van der Waals surface area contributed by atoms with Gasteiger partial charge in [0.2, 0.25) is 0 Å². The fourth-order valence-electron chi connectivity index (χ4n) is 2.18. The van der Waals surface area contributed by atoms with Crippen LogP contribution in [0.25, 0.3) is 11.1 Å². The summed E-state index contributed by atoms with van der Waals surface area (Å²) in [5, 5.41) is 0.598. The average Bonchev–Trinajstić information content (AvgIpc) is 2.54. The molecular weight excluding hydrogens is 300 g/mol. The van der Waals surface area contributed by atoms with E-state index in [2.05, 4.69) is 15.9 Å². The lowest BCUT2D eigenvalue weighted by atomic mass is 10.0. The standard InChI is InChI=1S/C14H8BrClO/c1-7-4-10-9-3-2-8(16)5-11(9)14(17)12(10)6-13(7)15/h2-6H,1H3. The molecule has 2 aromatic rings. The van der Waals surface area contributed by atoms with Crippen molar-refractivity contribution >= 4 is 33.3 Å². The zero-order chi connectivity index (χ0) is 12.2. The molecule has 0 aliphatic heterocycles. The van der Waals surface area contributed by atoms with Crippen LogP contribution in [0.4, 0.5) is 0 Å². The smallest absolute Gasteiger partial charge is 0.194 e. The van der Waals surface area contributed by atoms with Crippen LogP contribution in [0.1, 0.15) is 21.5 Å². The first-order valence-electron chi connectivity index (χ1n) is 5.22. The third-order valence-electron chi connectivity index (χ3n) is 3.06. The van der Waals surface area contributed by atoms with Gasteiger partial charge in [-0.25, -0.2) is 0 Å². The fourth-order valence-corrected chi connectivity index (χ4v) is 2.69. The van der Waals surface area contributed by atoms with E-state index in [0.29, 0.717) is 10.6 Å². The third kappa shape index (κ3) is 1.55. The number of ketones is 1. The van der Waals surface area contributed by atoms with E-state index in [9.17, 15) is 4.79 Å². The highest BCUT2D eigenvalue weighted by molar-refractivity contribution is 9.10. The molecule has 0 spiro atoms. The molecule has 0 amide bonds. The zero-order valence-electron chi connectivity index (χ0n) is 9.05. The normalized spacial score (nSPS) is 12.5. The summed E-state index contributed by atoms with van der Waals surface area (Å²) in [4.78, 5) is 12.2. The molecule has 0 heterocycles. The molecule has 0 aromatic heterocycles. The van der Waals surface area contributed by atoms with Crippen molar-refractivity contribution in [2.45, 2.75) is 6.92 Å². The topological polar surface area (TPSA) is 17.1 Å². The summed E-state index contributed by atoms with van der Waals surface area (Å²) in [7, 11) is 0. The SMILES string of the molecule is Cc1cc2c(cc1Br)C(=O)c1cc(Cl)ccc1-2. The molecule has 0 unspecified atom stereocenters. The molecule has 3 heteroatoms. The van der Waals surface area contributed by atoms with Gasteiger partial charge in [0.1, 0.15) is 0 Å². The van der Waals surface area contributed by atoms with Crippen molar-refractivity contribution in [2.75, 3.05) is 0 Å². The Morgan fingerprint density at radius 1 is 1.00 bits per heavy atom. The lowest BCUT2D eigenvalue weighted by Crippen LogP contribution is -1.95. The maximum Gasteiger partial charge on any atom is 0.194 e. The molecule has 2 aromatic carbocycles. The molecule has 1 aliphatic rings. The number of fused-ring (bicyclic) bond motifs is 3. The second-order valence-corrected chi connectivity index (χ2v) is 5.46. The van der Waals surface area contributed by atoms with Gasteiger partial charge in [-0.3, -0.25) is 4.79 Å². The number of rotatable bonds is 0. The highest BCUT2D eigenvalue weighted by Gasteiger charge is 2.27. The van der Waals surface area contributed by atoms with Crippen LogP contribution in [0.5, 0.6) is 0 Å². The van der Waals surface area contributed by atoms with Gasteiger partial charge in [0.15, 0.2) is 5.78 Å². The fraction of sp³-hybridized carbons (Fsp3) is 0.0714. The lowest BCUT2D eigenvalue weighted by Gasteiger charge is -2.03. The van der Waals surface area contributed by atoms with Gasteiger partial charge in [0.25, 0.3) is 0 Å². The van der Waals surface area contributed by atoms with E-state index >= 15 is 0 Å². The summed E-state index contributed by atoms with van der Waals surface area (Å²) < 4.78 is 0.962. The number of hydrogen-bond donors (Lipinski definition) is 0. The van der Waals surface area contributed by atoms with Crippen LogP contribution >= 0.6 is 27.5 Å². The molecule has 3 rings (SSSR count). The van der Waals surface area contributed by atoms with Crippen LogP contribution < -0.4 is 0 Å². The average molecular weight is 308 g/mol. The van der Waals surface area contributed by atoms with Gasteiger partial charge in [-0.1, -0.05) is 33.6 Å². The van der Waals surface area contributed by atoms with Gasteiger partial charge in [-0.15, -0.1) is 0 Å². The van der Waals surface area contributed by atoms with Crippen LogP contribution in [0, 0.1) is 6.92 Å². The quantitative estimate of drug-likeness (QED) is 0.592. The first-order chi connectivity index (χ1) is 8.08. The highest BCUT2D eigenvalue weighted by Crippen LogP contribution is 2.40. The summed E-state index contributed by atoms with van der Waals surface area (Å²) in [5.74, 6) is 0.0539. The summed E-state index contributed by atoms with van der Waals surface area (Å²) in [6, 6.07) is 9.40. The predicted octanol–water partition coefficient (Wildman–Crippen LogP) is 4.62. The Morgan fingerprint density at radius 3 is 2.47 bits per heavy atom. The molecule has 0 bridgehead atoms. The number of halogens is 2. The Hall–Kier alpha value is -1.12. The molecular formula is C14H8BrClO. The Balaban J connectivity index is 2.35. The second-order valence-electron chi connectivity index (χ2n) is 4.17. The summed E-state index contributed by atoms with van der Waals surface area (Å²) in [6.45, 7) is 2.02. The predicted molar refractivity (Wildman–Crippen MR) is 72.8 cm³/mol. The molecule has 0 atom stereocenters. The van der Waals surface area contributed by atoms with Crippen molar-refractivity contribution in [3.8, 4) is 11.1 Å². The van der Waals surface area contributed by atoms with Crippen LogP contribution in [0.2, 0.25) is 5.02 Å². The van der Waals surface area contributed by atoms with Crippen molar-refractivity contribution in [1.82, 2.24) is 0 Å². The molecule has 0 radical (unpaired) electrons. The highest BCUT2D eigenvalue weighted by atomic mass is 79.9. The second kappa shape index (κ2) is 3.69. The van der Waals surface area contributed by atoms with E-state index in [0.717, 1.165) is 26.7 Å². The van der Waals surface area contributed by atoms with Crippen LogP contribution in [-0.2, 0) is 0 Å². The minimum absolute atomic E-state index is 0.0539. The Bertz CT molecular complexity index is 662. The van der Waals surface area contributed by atoms with Gasteiger partial charge in [0.05, 0.1) is 0 Å². The maximum atomic E-state index is 12.2. The Labute approximate surface area is 113 Å². The number of benzene rings is 2. The van der Waals surface area contributed by atoms with E-state index < -0.39 is 0 Å². The molecule has 1 aliphatic carbocycles. The van der Waals surface area contributed by atoms with Crippen molar-refractivity contribution in [1.29, 1.82) is 0 Å². The van der Waals surface area contributed by atoms with E-state index in [1.165, 1.54) is 0 Å². The van der Waals surface area contributed by atoms with Crippen LogP contribution in [0.15, 0.2) is 34.8 Å². The van der Waals surface area contributed by atoms with E-state index in [1.807, 2.05) is 31.2 Å². The van der Waals surface area contributed by atoms with Crippen molar-refractivity contribution in [3.63, 3.8) is 0 Å². The van der Waals surface area contributed by atoms with Gasteiger partial charge in [0, 0.05) is 20.6 Å². The largest absolute Gasteiger partial charge is 0.289 e.